The van der Waals surface area contributed by atoms with Crippen LogP contribution in [0, 0.1) is 6.92 Å². The molecule has 0 radical (unpaired) electrons. The number of ether oxygens (including phenoxy) is 1. The standard InChI is InChI=1S/C19H26N4O3/c1-15-4-3-5-16(10-15)11-19(14-24)13-23(8-9-26-19)12-18(25)20-17-6-7-22(2)21-17/h3-7,10,24H,8-9,11-14H2,1-2H3,(H,20,21,25)/t19-/m1/s1. The zero-order valence-electron chi connectivity index (χ0n) is 15.3. The van der Waals surface area contributed by atoms with Gasteiger partial charge in [-0.15, -0.1) is 0 Å². The van der Waals surface area contributed by atoms with Crippen LogP contribution >= 0.6 is 0 Å². The number of hydrogen-bond donors (Lipinski definition) is 2. The van der Waals surface area contributed by atoms with Gasteiger partial charge in [0, 0.05) is 38.8 Å². The average Bonchev–Trinajstić information content (AvgIpc) is 2.99. The fourth-order valence-corrected chi connectivity index (χ4v) is 3.38. The predicted molar refractivity (Wildman–Crippen MR) is 98.9 cm³/mol. The lowest BCUT2D eigenvalue weighted by atomic mass is 9.92. The quantitative estimate of drug-likeness (QED) is 0.805. The van der Waals surface area contributed by atoms with Gasteiger partial charge in [0.05, 0.1) is 19.8 Å². The Morgan fingerprint density at radius 2 is 2.27 bits per heavy atom. The van der Waals surface area contributed by atoms with E-state index in [0.29, 0.717) is 31.9 Å². The number of hydrogen-bond acceptors (Lipinski definition) is 5. The molecule has 1 amide bonds. The van der Waals surface area contributed by atoms with E-state index in [4.69, 9.17) is 4.74 Å². The van der Waals surface area contributed by atoms with Gasteiger partial charge in [0.1, 0.15) is 5.60 Å². The largest absolute Gasteiger partial charge is 0.393 e. The fraction of sp³-hybridized carbons (Fsp3) is 0.474. The number of aryl methyl sites for hydroxylation is 2. The minimum Gasteiger partial charge on any atom is -0.393 e. The molecule has 1 aliphatic rings. The molecule has 1 aliphatic heterocycles. The van der Waals surface area contributed by atoms with Gasteiger partial charge in [-0.2, -0.15) is 5.10 Å². The van der Waals surface area contributed by atoms with Gasteiger partial charge < -0.3 is 15.2 Å². The first kappa shape index (κ1) is 18.6. The maximum absolute atomic E-state index is 12.3. The zero-order chi connectivity index (χ0) is 18.6. The van der Waals surface area contributed by atoms with Gasteiger partial charge in [0.2, 0.25) is 5.91 Å². The maximum atomic E-state index is 12.3. The van der Waals surface area contributed by atoms with Crippen LogP contribution in [0.2, 0.25) is 0 Å². The minimum absolute atomic E-state index is 0.0840. The van der Waals surface area contributed by atoms with Crippen molar-refractivity contribution in [3.05, 3.63) is 47.7 Å². The van der Waals surface area contributed by atoms with Crippen LogP contribution in [0.1, 0.15) is 11.1 Å². The third-order valence-corrected chi connectivity index (χ3v) is 4.57. The lowest BCUT2D eigenvalue weighted by molar-refractivity contribution is -0.138. The van der Waals surface area contributed by atoms with Crippen molar-refractivity contribution in [3.8, 4) is 0 Å². The number of anilines is 1. The van der Waals surface area contributed by atoms with Crippen molar-refractivity contribution < 1.29 is 14.6 Å². The second-order valence-electron chi connectivity index (χ2n) is 6.99. The third-order valence-electron chi connectivity index (χ3n) is 4.57. The second-order valence-corrected chi connectivity index (χ2v) is 6.99. The van der Waals surface area contributed by atoms with E-state index < -0.39 is 5.60 Å². The van der Waals surface area contributed by atoms with Crippen molar-refractivity contribution >= 4 is 11.7 Å². The van der Waals surface area contributed by atoms with E-state index in [1.807, 2.05) is 30.0 Å². The molecule has 1 aromatic heterocycles. The molecule has 1 aromatic carbocycles. The summed E-state index contributed by atoms with van der Waals surface area (Å²) in [7, 11) is 1.80. The number of nitrogens with one attached hydrogen (secondary N) is 1. The summed E-state index contributed by atoms with van der Waals surface area (Å²) in [6.07, 6.45) is 2.40. The summed E-state index contributed by atoms with van der Waals surface area (Å²) in [6, 6.07) is 9.96. The molecule has 2 aromatic rings. The number of aliphatic hydroxyl groups is 1. The van der Waals surface area contributed by atoms with Gasteiger partial charge in [0.15, 0.2) is 5.82 Å². The van der Waals surface area contributed by atoms with E-state index in [9.17, 15) is 9.90 Å². The molecular formula is C19H26N4O3. The Bertz CT molecular complexity index is 761. The minimum atomic E-state index is -0.683. The van der Waals surface area contributed by atoms with Gasteiger partial charge in [0.25, 0.3) is 0 Å². The maximum Gasteiger partial charge on any atom is 0.239 e. The number of benzene rings is 1. The molecule has 3 rings (SSSR count). The Morgan fingerprint density at radius 3 is 2.96 bits per heavy atom. The Kier molecular flexibility index (Phi) is 5.70. The molecule has 1 fully saturated rings. The van der Waals surface area contributed by atoms with Crippen molar-refractivity contribution in [1.29, 1.82) is 0 Å². The smallest absolute Gasteiger partial charge is 0.239 e. The van der Waals surface area contributed by atoms with Crippen LogP contribution in [0.15, 0.2) is 36.5 Å². The number of amides is 1. The average molecular weight is 358 g/mol. The first-order chi connectivity index (χ1) is 12.5. The third kappa shape index (κ3) is 4.69. The van der Waals surface area contributed by atoms with Crippen LogP contribution in [0.5, 0.6) is 0 Å². The van der Waals surface area contributed by atoms with E-state index in [0.717, 1.165) is 5.56 Å². The summed E-state index contributed by atoms with van der Waals surface area (Å²) in [5.74, 6) is 0.423. The number of aromatic nitrogens is 2. The molecule has 140 valence electrons. The van der Waals surface area contributed by atoms with E-state index in [2.05, 4.69) is 16.5 Å². The lowest BCUT2D eigenvalue weighted by Gasteiger charge is -2.41. The van der Waals surface area contributed by atoms with Gasteiger partial charge in [-0.1, -0.05) is 29.8 Å². The van der Waals surface area contributed by atoms with E-state index in [-0.39, 0.29) is 19.1 Å². The number of carbonyl (C=O) groups excluding carboxylic acids is 1. The molecule has 7 heteroatoms. The summed E-state index contributed by atoms with van der Waals surface area (Å²) in [4.78, 5) is 14.3. The summed E-state index contributed by atoms with van der Waals surface area (Å²) in [5.41, 5.74) is 1.62. The Hall–Kier alpha value is -2.22. The zero-order valence-corrected chi connectivity index (χ0v) is 15.3. The highest BCUT2D eigenvalue weighted by atomic mass is 16.5. The Balaban J connectivity index is 1.62. The highest BCUT2D eigenvalue weighted by molar-refractivity contribution is 5.91. The van der Waals surface area contributed by atoms with Crippen molar-refractivity contribution in [2.24, 2.45) is 7.05 Å². The molecular weight excluding hydrogens is 332 g/mol. The van der Waals surface area contributed by atoms with Crippen LogP contribution in [0.3, 0.4) is 0 Å². The van der Waals surface area contributed by atoms with Gasteiger partial charge in [-0.25, -0.2) is 0 Å². The molecule has 2 N–H and O–H groups in total. The number of rotatable bonds is 6. The molecule has 26 heavy (non-hydrogen) atoms. The summed E-state index contributed by atoms with van der Waals surface area (Å²) in [6.45, 7) is 3.86. The highest BCUT2D eigenvalue weighted by Crippen LogP contribution is 2.23. The SMILES string of the molecule is Cc1cccc(C[C@]2(CO)CN(CC(=O)Nc3ccn(C)n3)CCO2)c1. The van der Waals surface area contributed by atoms with Crippen LogP contribution in [0.4, 0.5) is 5.82 Å². The van der Waals surface area contributed by atoms with E-state index >= 15 is 0 Å². The first-order valence-electron chi connectivity index (χ1n) is 8.80. The van der Waals surface area contributed by atoms with Gasteiger partial charge in [-0.3, -0.25) is 14.4 Å². The highest BCUT2D eigenvalue weighted by Gasteiger charge is 2.37. The normalized spacial score (nSPS) is 20.9. The number of carbonyl (C=O) groups is 1. The first-order valence-corrected chi connectivity index (χ1v) is 8.80. The topological polar surface area (TPSA) is 79.6 Å². The van der Waals surface area contributed by atoms with E-state index in [1.165, 1.54) is 5.56 Å². The molecule has 2 heterocycles. The number of nitrogens with zero attached hydrogens (tertiary/aromatic N) is 3. The molecule has 1 atom stereocenters. The van der Waals surface area contributed by atoms with Crippen molar-refractivity contribution in [2.45, 2.75) is 18.9 Å². The number of morpholine rings is 1. The Labute approximate surface area is 153 Å². The van der Waals surface area contributed by atoms with Gasteiger partial charge >= 0.3 is 0 Å². The molecule has 0 saturated carbocycles. The summed E-state index contributed by atoms with van der Waals surface area (Å²) < 4.78 is 7.59. The van der Waals surface area contributed by atoms with Gasteiger partial charge in [-0.05, 0) is 12.5 Å². The van der Waals surface area contributed by atoms with Crippen molar-refractivity contribution in [3.63, 3.8) is 0 Å². The van der Waals surface area contributed by atoms with Crippen molar-refractivity contribution in [1.82, 2.24) is 14.7 Å². The second kappa shape index (κ2) is 7.99. The van der Waals surface area contributed by atoms with Crippen LogP contribution in [-0.2, 0) is 23.0 Å². The van der Waals surface area contributed by atoms with Crippen LogP contribution in [0.25, 0.3) is 0 Å². The van der Waals surface area contributed by atoms with Crippen LogP contribution in [-0.4, -0.2) is 64.1 Å². The summed E-state index contributed by atoms with van der Waals surface area (Å²) >= 11 is 0. The monoisotopic (exact) mass is 358 g/mol. The molecule has 1 saturated heterocycles. The fourth-order valence-electron chi connectivity index (χ4n) is 3.38. The molecule has 0 bridgehead atoms. The van der Waals surface area contributed by atoms with Crippen LogP contribution < -0.4 is 5.32 Å². The van der Waals surface area contributed by atoms with E-state index in [1.54, 1.807) is 24.0 Å². The lowest BCUT2D eigenvalue weighted by Crippen LogP contribution is -2.56. The molecule has 0 aliphatic carbocycles. The summed E-state index contributed by atoms with van der Waals surface area (Å²) in [5, 5.41) is 16.9. The number of aliphatic hydroxyl groups excluding tert-OH is 1. The molecule has 0 spiro atoms. The molecule has 0 unspecified atom stereocenters. The Morgan fingerprint density at radius 1 is 1.42 bits per heavy atom. The molecule has 7 nitrogen and oxygen atoms in total. The van der Waals surface area contributed by atoms with Crippen molar-refractivity contribution in [2.75, 3.05) is 38.2 Å². The predicted octanol–water partition coefficient (Wildman–Crippen LogP) is 0.973.